The zero-order valence-electron chi connectivity index (χ0n) is 16.8. The summed E-state index contributed by atoms with van der Waals surface area (Å²) in [5, 5.41) is 14.6. The number of hydrogen-bond donors (Lipinski definition) is 0. The van der Waals surface area contributed by atoms with Crippen LogP contribution >= 0.6 is 0 Å². The molecule has 146 valence electrons. The van der Waals surface area contributed by atoms with Gasteiger partial charge in [-0.15, -0.1) is 0 Å². The molecule has 5 heteroatoms. The van der Waals surface area contributed by atoms with E-state index in [9.17, 15) is 14.8 Å². The quantitative estimate of drug-likeness (QED) is 0.482. The Hall–Kier alpha value is -2.95. The third kappa shape index (κ3) is 3.44. The second-order valence-electron chi connectivity index (χ2n) is 8.78. The fraction of sp³-hybridized carbons (Fsp3) is 0.348. The Bertz CT molecular complexity index is 980. The summed E-state index contributed by atoms with van der Waals surface area (Å²) in [4.78, 5) is 25.1. The van der Waals surface area contributed by atoms with Crippen LogP contribution in [0.1, 0.15) is 56.1 Å². The molecule has 0 fully saturated rings. The van der Waals surface area contributed by atoms with Crippen molar-refractivity contribution in [3.05, 3.63) is 64.4 Å². The third-order valence-corrected chi connectivity index (χ3v) is 4.93. The van der Waals surface area contributed by atoms with Crippen LogP contribution in [0.4, 0.5) is 0 Å². The van der Waals surface area contributed by atoms with Crippen LogP contribution in [0, 0.1) is 16.0 Å². The molecule has 0 N–H and O–H groups in total. The van der Waals surface area contributed by atoms with E-state index in [1.54, 1.807) is 32.0 Å². The van der Waals surface area contributed by atoms with Gasteiger partial charge in [-0.05, 0) is 37.1 Å². The summed E-state index contributed by atoms with van der Waals surface area (Å²) < 4.78 is 5.44. The molecule has 5 nitrogen and oxygen atoms in total. The van der Waals surface area contributed by atoms with Crippen LogP contribution in [0.25, 0.3) is 11.1 Å². The molecule has 0 aromatic heterocycles. The van der Waals surface area contributed by atoms with Crippen LogP contribution in [0.5, 0.6) is 0 Å². The lowest BCUT2D eigenvalue weighted by molar-refractivity contribution is -0.137. The van der Waals surface area contributed by atoms with E-state index in [1.165, 1.54) is 0 Å². The second-order valence-corrected chi connectivity index (χ2v) is 8.78. The molecule has 0 unspecified atom stereocenters. The predicted molar refractivity (Wildman–Crippen MR) is 109 cm³/mol. The zero-order chi connectivity index (χ0) is 20.7. The lowest BCUT2D eigenvalue weighted by Gasteiger charge is -2.30. The number of esters is 1. The van der Waals surface area contributed by atoms with Crippen LogP contribution in [0.3, 0.4) is 0 Å². The molecule has 0 amide bonds. The number of hydrogen-bond acceptors (Lipinski definition) is 5. The maximum Gasteiger partial charge on any atom is 0.338 e. The van der Waals surface area contributed by atoms with Crippen LogP contribution in [0.2, 0.25) is 0 Å². The molecule has 0 saturated carbocycles. The number of Topliss-reactive ketones (excluding diaryl/α,β-unsaturated/α-hetero) is 1. The van der Waals surface area contributed by atoms with Crippen molar-refractivity contribution in [3.63, 3.8) is 0 Å². The van der Waals surface area contributed by atoms with Crippen molar-refractivity contribution in [2.24, 2.45) is 16.0 Å². The number of ether oxygens (including phenoxy) is 1. The molecule has 0 saturated heterocycles. The topological polar surface area (TPSA) is 78.8 Å². The van der Waals surface area contributed by atoms with Crippen LogP contribution < -0.4 is 0 Å². The van der Waals surface area contributed by atoms with E-state index in [-0.39, 0.29) is 12.4 Å². The first-order valence-corrected chi connectivity index (χ1v) is 9.23. The van der Waals surface area contributed by atoms with E-state index in [0.717, 1.165) is 16.7 Å². The number of carbonyl (C=O) groups excluding carboxylic acids is 2. The number of carbonyl (C=O) groups is 2. The van der Waals surface area contributed by atoms with Crippen molar-refractivity contribution in [1.29, 1.82) is 0 Å². The van der Waals surface area contributed by atoms with E-state index >= 15 is 0 Å². The van der Waals surface area contributed by atoms with Gasteiger partial charge < -0.3 is 15.1 Å². The van der Waals surface area contributed by atoms with Gasteiger partial charge in [-0.25, -0.2) is 4.79 Å². The number of rotatable bonds is 4. The highest BCUT2D eigenvalue weighted by Crippen LogP contribution is 2.37. The first kappa shape index (κ1) is 19.8. The van der Waals surface area contributed by atoms with Crippen molar-refractivity contribution >= 4 is 17.5 Å². The van der Waals surface area contributed by atoms with Crippen molar-refractivity contribution in [2.45, 2.75) is 34.6 Å². The Balaban J connectivity index is 1.82. The van der Waals surface area contributed by atoms with E-state index in [4.69, 9.17) is 4.74 Å². The number of fused-ring (bicyclic) bond motifs is 3. The molecule has 0 spiro atoms. The molecular formula is C23H24NO4-. The first-order chi connectivity index (χ1) is 13.1. The predicted octanol–water partition coefficient (Wildman–Crippen LogP) is 4.80. The van der Waals surface area contributed by atoms with Gasteiger partial charge in [0.15, 0.2) is 0 Å². The van der Waals surface area contributed by atoms with Gasteiger partial charge in [0.05, 0.1) is 16.7 Å². The van der Waals surface area contributed by atoms with Crippen LogP contribution in [-0.4, -0.2) is 24.1 Å². The van der Waals surface area contributed by atoms with Gasteiger partial charge in [0, 0.05) is 16.5 Å². The van der Waals surface area contributed by atoms with Gasteiger partial charge in [0.2, 0.25) is 0 Å². The molecule has 0 aliphatic heterocycles. The average molecular weight is 378 g/mol. The molecule has 0 atom stereocenters. The molecule has 2 aromatic rings. The SMILES string of the molecule is CC(C)(C)C(=O)C(C)(C)COC(=O)c1ccc2c(c1)/C(=N\[O-])c1ccccc1-2. The molecule has 0 bridgehead atoms. The van der Waals surface area contributed by atoms with E-state index in [1.807, 2.05) is 45.0 Å². The Morgan fingerprint density at radius 3 is 2.14 bits per heavy atom. The second kappa shape index (κ2) is 6.89. The molecule has 28 heavy (non-hydrogen) atoms. The van der Waals surface area contributed by atoms with Crippen molar-refractivity contribution in [3.8, 4) is 11.1 Å². The molecule has 0 radical (unpaired) electrons. The van der Waals surface area contributed by atoms with Gasteiger partial charge in [0.25, 0.3) is 0 Å². The summed E-state index contributed by atoms with van der Waals surface area (Å²) in [6, 6.07) is 12.6. The molecule has 0 heterocycles. The monoisotopic (exact) mass is 378 g/mol. The maximum atomic E-state index is 12.6. The third-order valence-electron chi connectivity index (χ3n) is 4.93. The smallest absolute Gasteiger partial charge is 0.338 e. The zero-order valence-corrected chi connectivity index (χ0v) is 16.8. The molecule has 3 rings (SSSR count). The summed E-state index contributed by atoms with van der Waals surface area (Å²) in [5.41, 5.74) is 2.51. The highest BCUT2D eigenvalue weighted by Gasteiger charge is 2.37. The van der Waals surface area contributed by atoms with Gasteiger partial charge in [0.1, 0.15) is 12.4 Å². The standard InChI is InChI=1S/C23H25NO4/c1-22(2,3)21(26)23(4,5)13-28-20(25)14-10-11-16-15-8-6-7-9-17(15)19(24-27)18(16)12-14/h6-12,27H,13H2,1-5H3/p-1/b24-19-. The summed E-state index contributed by atoms with van der Waals surface area (Å²) >= 11 is 0. The fourth-order valence-corrected chi connectivity index (χ4v) is 3.68. The van der Waals surface area contributed by atoms with E-state index in [0.29, 0.717) is 16.8 Å². The Kier molecular flexibility index (Phi) is 4.88. The van der Waals surface area contributed by atoms with Gasteiger partial charge in [-0.1, -0.05) is 51.1 Å². The fourth-order valence-electron chi connectivity index (χ4n) is 3.68. The Labute approximate surface area is 165 Å². The number of ketones is 1. The molecule has 1 aliphatic carbocycles. The number of benzene rings is 2. The first-order valence-electron chi connectivity index (χ1n) is 9.23. The normalized spacial score (nSPS) is 14.5. The van der Waals surface area contributed by atoms with Crippen LogP contribution in [0.15, 0.2) is 47.6 Å². The lowest BCUT2D eigenvalue weighted by Crippen LogP contribution is -2.38. The van der Waals surface area contributed by atoms with Crippen molar-refractivity contribution < 1.29 is 14.3 Å². The number of nitrogens with zero attached hydrogens (tertiary/aromatic N) is 1. The van der Waals surface area contributed by atoms with Crippen molar-refractivity contribution in [1.82, 2.24) is 0 Å². The Morgan fingerprint density at radius 1 is 0.929 bits per heavy atom. The maximum absolute atomic E-state index is 12.6. The van der Waals surface area contributed by atoms with E-state index in [2.05, 4.69) is 5.16 Å². The Morgan fingerprint density at radius 2 is 1.54 bits per heavy atom. The summed E-state index contributed by atoms with van der Waals surface area (Å²) in [5.74, 6) is -0.503. The summed E-state index contributed by atoms with van der Waals surface area (Å²) in [6.45, 7) is 9.08. The lowest BCUT2D eigenvalue weighted by atomic mass is 9.75. The van der Waals surface area contributed by atoms with Crippen LogP contribution in [-0.2, 0) is 9.53 Å². The highest BCUT2D eigenvalue weighted by molar-refractivity contribution is 6.25. The summed E-state index contributed by atoms with van der Waals surface area (Å²) in [6.07, 6.45) is 0. The van der Waals surface area contributed by atoms with Gasteiger partial charge in [-0.3, -0.25) is 4.79 Å². The molecular weight excluding hydrogens is 354 g/mol. The van der Waals surface area contributed by atoms with Gasteiger partial charge >= 0.3 is 5.97 Å². The average Bonchev–Trinajstić information content (AvgIpc) is 2.97. The minimum atomic E-state index is -0.789. The largest absolute Gasteiger partial charge is 0.791 e. The minimum absolute atomic E-state index is 0.0122. The summed E-state index contributed by atoms with van der Waals surface area (Å²) in [7, 11) is 0. The highest BCUT2D eigenvalue weighted by atomic mass is 16.5. The molecule has 1 aliphatic rings. The van der Waals surface area contributed by atoms with E-state index < -0.39 is 16.8 Å². The molecule has 2 aromatic carbocycles. The minimum Gasteiger partial charge on any atom is -0.791 e. The van der Waals surface area contributed by atoms with Crippen molar-refractivity contribution in [2.75, 3.05) is 6.61 Å². The van der Waals surface area contributed by atoms with Gasteiger partial charge in [-0.2, -0.15) is 0 Å².